The van der Waals surface area contributed by atoms with Gasteiger partial charge in [0.2, 0.25) is 6.41 Å². The summed E-state index contributed by atoms with van der Waals surface area (Å²) in [5.74, 6) is 0. The van der Waals surface area contributed by atoms with Gasteiger partial charge in [0.25, 0.3) is 0 Å². The number of nitrogens with zero attached hydrogens (tertiary/aromatic N) is 1. The Morgan fingerprint density at radius 2 is 2.08 bits per heavy atom. The molecule has 0 aliphatic carbocycles. The Hall–Kier alpha value is -1.35. The molecule has 0 saturated heterocycles. The van der Waals surface area contributed by atoms with Gasteiger partial charge in [-0.2, -0.15) is 0 Å². The number of ether oxygens (including phenoxy) is 1. The van der Waals surface area contributed by atoms with Gasteiger partial charge in [0.1, 0.15) is 6.73 Å². The van der Waals surface area contributed by atoms with E-state index in [1.54, 1.807) is 7.11 Å². The van der Waals surface area contributed by atoms with Crippen LogP contribution < -0.4 is 4.90 Å². The van der Waals surface area contributed by atoms with Gasteiger partial charge in [0, 0.05) is 12.8 Å². The first-order chi connectivity index (χ1) is 5.88. The van der Waals surface area contributed by atoms with Crippen molar-refractivity contribution in [3.05, 3.63) is 30.3 Å². The van der Waals surface area contributed by atoms with E-state index < -0.39 is 0 Å². The molecule has 0 atom stereocenters. The van der Waals surface area contributed by atoms with E-state index in [4.69, 9.17) is 4.74 Å². The Labute approximate surface area is 71.6 Å². The van der Waals surface area contributed by atoms with Gasteiger partial charge in [-0.3, -0.25) is 9.69 Å². The topological polar surface area (TPSA) is 29.5 Å². The van der Waals surface area contributed by atoms with E-state index in [2.05, 4.69) is 0 Å². The Bertz CT molecular complexity index is 236. The molecule has 12 heavy (non-hydrogen) atoms. The van der Waals surface area contributed by atoms with E-state index in [1.165, 1.54) is 4.90 Å². The predicted molar refractivity (Wildman–Crippen MR) is 46.9 cm³/mol. The number of amides is 1. The third-order valence-electron chi connectivity index (χ3n) is 1.48. The number of para-hydroxylation sites is 1. The van der Waals surface area contributed by atoms with Gasteiger partial charge in [0.05, 0.1) is 0 Å². The quantitative estimate of drug-likeness (QED) is 0.496. The first-order valence-electron chi connectivity index (χ1n) is 3.64. The van der Waals surface area contributed by atoms with Crippen LogP contribution >= 0.6 is 0 Å². The maximum absolute atomic E-state index is 10.5. The maximum atomic E-state index is 10.5. The number of carbonyl (C=O) groups is 1. The molecular weight excluding hydrogens is 154 g/mol. The van der Waals surface area contributed by atoms with Crippen LogP contribution in [0.2, 0.25) is 0 Å². The maximum Gasteiger partial charge on any atom is 0.216 e. The molecule has 0 spiro atoms. The molecule has 1 aromatic carbocycles. The predicted octanol–water partition coefficient (Wildman–Crippen LogP) is 1.25. The highest BCUT2D eigenvalue weighted by Crippen LogP contribution is 2.10. The minimum Gasteiger partial charge on any atom is -0.364 e. The molecule has 0 heterocycles. The molecule has 3 nitrogen and oxygen atoms in total. The van der Waals surface area contributed by atoms with E-state index in [1.807, 2.05) is 30.3 Å². The van der Waals surface area contributed by atoms with Crippen LogP contribution in [0.1, 0.15) is 0 Å². The minimum atomic E-state index is 0.285. The lowest BCUT2D eigenvalue weighted by atomic mass is 10.3. The zero-order chi connectivity index (χ0) is 8.81. The van der Waals surface area contributed by atoms with Gasteiger partial charge >= 0.3 is 0 Å². The normalized spacial score (nSPS) is 9.42. The van der Waals surface area contributed by atoms with E-state index in [9.17, 15) is 4.79 Å². The summed E-state index contributed by atoms with van der Waals surface area (Å²) in [5, 5.41) is 0. The lowest BCUT2D eigenvalue weighted by Crippen LogP contribution is -2.23. The molecule has 1 amide bonds. The highest BCUT2D eigenvalue weighted by molar-refractivity contribution is 5.74. The molecule has 0 radical (unpaired) electrons. The highest BCUT2D eigenvalue weighted by atomic mass is 16.5. The molecule has 1 aromatic rings. The molecule has 0 aromatic heterocycles. The van der Waals surface area contributed by atoms with Gasteiger partial charge in [-0.05, 0) is 12.1 Å². The molecule has 0 unspecified atom stereocenters. The SMILES string of the molecule is COCN(C=O)c1ccccc1. The van der Waals surface area contributed by atoms with Crippen LogP contribution in [0.3, 0.4) is 0 Å². The van der Waals surface area contributed by atoms with Gasteiger partial charge < -0.3 is 4.74 Å². The second-order valence-corrected chi connectivity index (χ2v) is 2.33. The van der Waals surface area contributed by atoms with E-state index >= 15 is 0 Å². The zero-order valence-corrected chi connectivity index (χ0v) is 6.93. The smallest absolute Gasteiger partial charge is 0.216 e. The standard InChI is InChI=1S/C9H11NO2/c1-12-8-10(7-11)9-5-3-2-4-6-9/h2-7H,8H2,1H3. The number of benzene rings is 1. The second kappa shape index (κ2) is 4.51. The summed E-state index contributed by atoms with van der Waals surface area (Å²) >= 11 is 0. The van der Waals surface area contributed by atoms with Crippen molar-refractivity contribution >= 4 is 12.1 Å². The molecule has 3 heteroatoms. The van der Waals surface area contributed by atoms with Gasteiger partial charge in [-0.25, -0.2) is 0 Å². The van der Waals surface area contributed by atoms with Crippen LogP contribution in [0.4, 0.5) is 5.69 Å². The van der Waals surface area contributed by atoms with Crippen molar-refractivity contribution in [1.82, 2.24) is 0 Å². The van der Waals surface area contributed by atoms with E-state index in [0.717, 1.165) is 12.1 Å². The second-order valence-electron chi connectivity index (χ2n) is 2.33. The summed E-state index contributed by atoms with van der Waals surface area (Å²) in [7, 11) is 1.56. The number of hydrogen-bond acceptors (Lipinski definition) is 2. The molecule has 0 aliphatic rings. The van der Waals surface area contributed by atoms with Crippen molar-refractivity contribution in [2.45, 2.75) is 0 Å². The van der Waals surface area contributed by atoms with Crippen molar-refractivity contribution in [1.29, 1.82) is 0 Å². The van der Waals surface area contributed by atoms with E-state index in [-0.39, 0.29) is 6.73 Å². The van der Waals surface area contributed by atoms with Gasteiger partial charge in [0.15, 0.2) is 0 Å². The molecular formula is C9H11NO2. The Morgan fingerprint density at radius 1 is 1.42 bits per heavy atom. The first kappa shape index (κ1) is 8.74. The third kappa shape index (κ3) is 2.07. The van der Waals surface area contributed by atoms with Crippen LogP contribution in [0.25, 0.3) is 0 Å². The molecule has 64 valence electrons. The number of hydrogen-bond donors (Lipinski definition) is 0. The highest BCUT2D eigenvalue weighted by Gasteiger charge is 2.01. The average Bonchev–Trinajstić information content (AvgIpc) is 2.15. The minimum absolute atomic E-state index is 0.285. The Morgan fingerprint density at radius 3 is 2.58 bits per heavy atom. The summed E-state index contributed by atoms with van der Waals surface area (Å²) < 4.78 is 4.84. The molecule has 0 aliphatic heterocycles. The number of methoxy groups -OCH3 is 1. The number of anilines is 1. The summed E-state index contributed by atoms with van der Waals surface area (Å²) in [5.41, 5.74) is 0.842. The zero-order valence-electron chi connectivity index (χ0n) is 6.93. The Kier molecular flexibility index (Phi) is 3.29. The average molecular weight is 165 g/mol. The van der Waals surface area contributed by atoms with Crippen molar-refractivity contribution in [3.63, 3.8) is 0 Å². The number of rotatable bonds is 4. The van der Waals surface area contributed by atoms with Crippen LogP contribution in [-0.4, -0.2) is 20.3 Å². The third-order valence-corrected chi connectivity index (χ3v) is 1.48. The molecule has 0 saturated carbocycles. The summed E-state index contributed by atoms with van der Waals surface area (Å²) in [4.78, 5) is 12.0. The largest absolute Gasteiger partial charge is 0.364 e. The molecule has 1 rings (SSSR count). The Balaban J connectivity index is 2.73. The summed E-state index contributed by atoms with van der Waals surface area (Å²) in [6, 6.07) is 9.36. The van der Waals surface area contributed by atoms with Crippen molar-refractivity contribution in [2.75, 3.05) is 18.7 Å². The lowest BCUT2D eigenvalue weighted by molar-refractivity contribution is -0.108. The molecule has 0 bridgehead atoms. The molecule has 0 N–H and O–H groups in total. The van der Waals surface area contributed by atoms with Crippen LogP contribution in [-0.2, 0) is 9.53 Å². The van der Waals surface area contributed by atoms with Gasteiger partial charge in [-0.15, -0.1) is 0 Å². The van der Waals surface area contributed by atoms with Gasteiger partial charge in [-0.1, -0.05) is 18.2 Å². The van der Waals surface area contributed by atoms with Crippen LogP contribution in [0.15, 0.2) is 30.3 Å². The van der Waals surface area contributed by atoms with Crippen LogP contribution in [0.5, 0.6) is 0 Å². The van der Waals surface area contributed by atoms with Crippen LogP contribution in [0, 0.1) is 0 Å². The fourth-order valence-electron chi connectivity index (χ4n) is 0.924. The molecule has 0 fully saturated rings. The summed E-state index contributed by atoms with van der Waals surface area (Å²) in [6.45, 7) is 0.285. The van der Waals surface area contributed by atoms with Crippen molar-refractivity contribution in [3.8, 4) is 0 Å². The van der Waals surface area contributed by atoms with Crippen molar-refractivity contribution in [2.24, 2.45) is 0 Å². The fourth-order valence-corrected chi connectivity index (χ4v) is 0.924. The van der Waals surface area contributed by atoms with Crippen molar-refractivity contribution < 1.29 is 9.53 Å². The van der Waals surface area contributed by atoms with E-state index in [0.29, 0.717) is 0 Å². The number of carbonyl (C=O) groups excluding carboxylic acids is 1. The summed E-state index contributed by atoms with van der Waals surface area (Å²) in [6.07, 6.45) is 0.749. The monoisotopic (exact) mass is 165 g/mol. The first-order valence-corrected chi connectivity index (χ1v) is 3.64. The lowest BCUT2D eigenvalue weighted by Gasteiger charge is -2.15. The fraction of sp³-hybridized carbons (Fsp3) is 0.222.